The van der Waals surface area contributed by atoms with Crippen molar-refractivity contribution in [3.8, 4) is 11.3 Å². The van der Waals surface area contributed by atoms with E-state index in [2.05, 4.69) is 9.88 Å². The highest BCUT2D eigenvalue weighted by atomic mass is 32.2. The number of hydrogen-bond donors (Lipinski definition) is 0. The topological polar surface area (TPSA) is 83.7 Å². The number of nitrogens with zero attached hydrogens (tertiary/aromatic N) is 6. The van der Waals surface area contributed by atoms with Gasteiger partial charge in [0, 0.05) is 18.9 Å². The van der Waals surface area contributed by atoms with Crippen LogP contribution in [0.25, 0.3) is 11.3 Å². The maximum absolute atomic E-state index is 13.5. The molecular weight excluding hydrogens is 455 g/mol. The molecule has 3 aromatic rings. The number of guanidine groups is 1. The second-order valence-electron chi connectivity index (χ2n) is 8.89. The average molecular weight is 479 g/mol. The van der Waals surface area contributed by atoms with Crippen molar-refractivity contribution in [1.29, 1.82) is 0 Å². The number of carbonyl (C=O) groups is 1. The number of benzene rings is 1. The highest BCUT2D eigenvalue weighted by Crippen LogP contribution is 2.41. The molecule has 8 nitrogen and oxygen atoms in total. The monoisotopic (exact) mass is 478 g/mol. The second-order valence-corrected chi connectivity index (χ2v) is 10.2. The van der Waals surface area contributed by atoms with Gasteiger partial charge in [-0.3, -0.25) is 18.8 Å². The van der Waals surface area contributed by atoms with Crippen LogP contribution in [0.5, 0.6) is 0 Å². The first kappa shape index (κ1) is 21.2. The summed E-state index contributed by atoms with van der Waals surface area (Å²) in [6.45, 7) is 0.351. The molecule has 0 bridgehead atoms. The maximum Gasteiger partial charge on any atom is 0.267 e. The van der Waals surface area contributed by atoms with Crippen LogP contribution in [0.4, 0.5) is 10.2 Å². The lowest BCUT2D eigenvalue weighted by molar-refractivity contribution is 0.0861. The molecule has 10 heteroatoms. The minimum absolute atomic E-state index is 0.168. The first-order valence-electron chi connectivity index (χ1n) is 11.2. The van der Waals surface area contributed by atoms with E-state index in [4.69, 9.17) is 10.1 Å². The van der Waals surface area contributed by atoms with Crippen molar-refractivity contribution >= 4 is 28.5 Å². The molecule has 0 saturated heterocycles. The number of fused-ring (bicyclic) bond motifs is 5. The lowest BCUT2D eigenvalue weighted by Crippen LogP contribution is -2.51. The zero-order valence-corrected chi connectivity index (χ0v) is 19.6. The number of amides is 1. The largest absolute Gasteiger partial charge is 0.289 e. The zero-order valence-electron chi connectivity index (χ0n) is 18.8. The Morgan fingerprint density at radius 2 is 1.94 bits per heavy atom. The van der Waals surface area contributed by atoms with Crippen LogP contribution >= 0.6 is 0 Å². The van der Waals surface area contributed by atoms with Crippen molar-refractivity contribution in [2.75, 3.05) is 18.2 Å². The van der Waals surface area contributed by atoms with Crippen LogP contribution < -0.4 is 4.90 Å². The van der Waals surface area contributed by atoms with Gasteiger partial charge in [-0.05, 0) is 37.0 Å². The predicted octanol–water partition coefficient (Wildman–Crippen LogP) is 3.05. The van der Waals surface area contributed by atoms with Gasteiger partial charge in [-0.1, -0.05) is 30.3 Å². The molecule has 34 heavy (non-hydrogen) atoms. The molecule has 1 saturated carbocycles. The molecule has 3 atom stereocenters. The van der Waals surface area contributed by atoms with Crippen LogP contribution in [0.1, 0.15) is 35.2 Å². The van der Waals surface area contributed by atoms with E-state index in [1.165, 1.54) is 6.07 Å². The van der Waals surface area contributed by atoms with Crippen molar-refractivity contribution in [1.82, 2.24) is 19.7 Å². The number of halogens is 1. The Labute approximate surface area is 198 Å². The third kappa shape index (κ3) is 3.19. The minimum Gasteiger partial charge on any atom is -0.289 e. The quantitative estimate of drug-likeness (QED) is 0.539. The lowest BCUT2D eigenvalue weighted by Gasteiger charge is -2.33. The van der Waals surface area contributed by atoms with Crippen LogP contribution in [0.2, 0.25) is 0 Å². The Morgan fingerprint density at radius 3 is 2.68 bits per heavy atom. The van der Waals surface area contributed by atoms with Crippen LogP contribution in [0, 0.1) is 5.95 Å². The molecule has 1 unspecified atom stereocenters. The Kier molecular flexibility index (Phi) is 4.87. The Hall–Kier alpha value is -3.40. The van der Waals surface area contributed by atoms with E-state index in [-0.39, 0.29) is 18.0 Å². The summed E-state index contributed by atoms with van der Waals surface area (Å²) in [5.41, 5.74) is 2.67. The molecule has 1 fully saturated rings. The molecule has 1 aromatic carbocycles. The number of carbonyl (C=O) groups excluding carboxylic acids is 1. The van der Waals surface area contributed by atoms with Crippen molar-refractivity contribution < 1.29 is 13.4 Å². The third-order valence-electron chi connectivity index (χ3n) is 6.78. The Morgan fingerprint density at radius 1 is 1.15 bits per heavy atom. The van der Waals surface area contributed by atoms with Gasteiger partial charge in [0.2, 0.25) is 11.9 Å². The van der Waals surface area contributed by atoms with Gasteiger partial charge in [0.05, 0.1) is 35.1 Å². The van der Waals surface area contributed by atoms with Crippen LogP contribution in [0.3, 0.4) is 0 Å². The molecule has 4 heterocycles. The number of aliphatic imine (C=N–C) groups is 1. The van der Waals surface area contributed by atoms with Gasteiger partial charge in [0.1, 0.15) is 10.6 Å². The number of pyridine rings is 1. The standard InChI is InChI=1S/C24H23FN6O2S/c1-29-22(32)20-21(31-18-7-3-6-17(18)27-24(29)31)28-30(23(20)34(2)33)13-14-9-11-15(12-10-14)16-5-4-8-19(25)26-16/h4-5,8-12,17-18H,3,6-7,13H2,1-2H3/t17-,18+,34?/m1/s1. The smallest absolute Gasteiger partial charge is 0.267 e. The normalized spacial score (nSPS) is 21.9. The summed E-state index contributed by atoms with van der Waals surface area (Å²) in [4.78, 5) is 25.7. The fraction of sp³-hybridized carbons (Fsp3) is 0.333. The van der Waals surface area contributed by atoms with Gasteiger partial charge >= 0.3 is 0 Å². The highest BCUT2D eigenvalue weighted by molar-refractivity contribution is 7.84. The van der Waals surface area contributed by atoms with E-state index in [1.54, 1.807) is 35.0 Å². The van der Waals surface area contributed by atoms with Gasteiger partial charge in [-0.25, -0.2) is 14.7 Å². The highest BCUT2D eigenvalue weighted by Gasteiger charge is 2.49. The summed E-state index contributed by atoms with van der Waals surface area (Å²) in [5.74, 6) is 0.441. The fourth-order valence-electron chi connectivity index (χ4n) is 5.20. The Balaban J connectivity index is 1.38. The maximum atomic E-state index is 13.5. The minimum atomic E-state index is -1.42. The molecule has 174 valence electrons. The number of rotatable bonds is 4. The van der Waals surface area contributed by atoms with Gasteiger partial charge in [0.15, 0.2) is 5.82 Å². The summed E-state index contributed by atoms with van der Waals surface area (Å²) in [5, 5.41) is 5.23. The van der Waals surface area contributed by atoms with Gasteiger partial charge < -0.3 is 0 Å². The van der Waals surface area contributed by atoms with Crippen molar-refractivity contribution in [2.45, 2.75) is 42.9 Å². The number of aromatic nitrogens is 3. The van der Waals surface area contributed by atoms with Crippen LogP contribution in [0.15, 0.2) is 52.5 Å². The summed E-state index contributed by atoms with van der Waals surface area (Å²) in [6.07, 6.45) is 4.66. The summed E-state index contributed by atoms with van der Waals surface area (Å²) in [7, 11) is 0.295. The third-order valence-corrected chi connectivity index (χ3v) is 7.74. The first-order chi connectivity index (χ1) is 16.4. The van der Waals surface area contributed by atoms with E-state index < -0.39 is 16.7 Å². The number of anilines is 1. The first-order valence-corrected chi connectivity index (χ1v) is 12.8. The zero-order chi connectivity index (χ0) is 23.6. The predicted molar refractivity (Wildman–Crippen MR) is 127 cm³/mol. The summed E-state index contributed by atoms with van der Waals surface area (Å²) in [6, 6.07) is 12.6. The van der Waals surface area contributed by atoms with Gasteiger partial charge in [0.25, 0.3) is 5.91 Å². The molecule has 0 spiro atoms. The molecule has 1 aliphatic carbocycles. The molecule has 2 aliphatic heterocycles. The van der Waals surface area contributed by atoms with Gasteiger partial charge in [-0.15, -0.1) is 0 Å². The second kappa shape index (κ2) is 7.83. The van der Waals surface area contributed by atoms with E-state index >= 15 is 0 Å². The van der Waals surface area contributed by atoms with Crippen molar-refractivity contribution in [2.24, 2.45) is 4.99 Å². The number of hydrogen-bond acceptors (Lipinski definition) is 6. The molecule has 0 radical (unpaired) electrons. The van der Waals surface area contributed by atoms with E-state index in [9.17, 15) is 13.4 Å². The molecule has 3 aliphatic rings. The Bertz CT molecular complexity index is 1370. The molecule has 1 amide bonds. The summed E-state index contributed by atoms with van der Waals surface area (Å²) >= 11 is 0. The van der Waals surface area contributed by atoms with Crippen LogP contribution in [-0.4, -0.2) is 61.1 Å². The summed E-state index contributed by atoms with van der Waals surface area (Å²) < 4.78 is 28.0. The SMILES string of the molecule is CN1C(=O)c2c(nn(Cc3ccc(-c4cccc(F)n4)cc3)c2S(C)=O)N2C1=N[C@@H]1CCC[C@@H]12. The van der Waals surface area contributed by atoms with E-state index in [0.717, 1.165) is 30.4 Å². The van der Waals surface area contributed by atoms with Crippen LogP contribution in [-0.2, 0) is 17.3 Å². The fourth-order valence-corrected chi connectivity index (χ4v) is 6.07. The molecule has 2 aromatic heterocycles. The lowest BCUT2D eigenvalue weighted by atomic mass is 10.1. The molecule has 0 N–H and O–H groups in total. The molecule has 6 rings (SSSR count). The van der Waals surface area contributed by atoms with Crippen molar-refractivity contribution in [3.05, 3.63) is 59.5 Å². The van der Waals surface area contributed by atoms with Gasteiger partial charge in [-0.2, -0.15) is 9.49 Å². The van der Waals surface area contributed by atoms with Crippen molar-refractivity contribution in [3.63, 3.8) is 0 Å². The average Bonchev–Trinajstić information content (AvgIpc) is 3.51. The van der Waals surface area contributed by atoms with E-state index in [1.807, 2.05) is 24.3 Å². The molecular formula is C24H23FN6O2S. The van der Waals surface area contributed by atoms with E-state index in [0.29, 0.717) is 34.6 Å².